The Balaban J connectivity index is 2.74. The van der Waals surface area contributed by atoms with Crippen molar-refractivity contribution in [2.45, 2.75) is 32.4 Å². The zero-order valence-electron chi connectivity index (χ0n) is 8.94. The van der Waals surface area contributed by atoms with Crippen LogP contribution in [0.25, 0.3) is 0 Å². The third-order valence-electron chi connectivity index (χ3n) is 1.99. The van der Waals surface area contributed by atoms with Crippen LogP contribution in [0.15, 0.2) is 6.33 Å². The van der Waals surface area contributed by atoms with E-state index in [1.807, 2.05) is 32.4 Å². The van der Waals surface area contributed by atoms with Crippen molar-refractivity contribution in [2.24, 2.45) is 7.05 Å². The van der Waals surface area contributed by atoms with Crippen molar-refractivity contribution in [3.8, 4) is 6.07 Å². The van der Waals surface area contributed by atoms with Crippen molar-refractivity contribution in [3.63, 3.8) is 0 Å². The molecule has 5 heteroatoms. The van der Waals surface area contributed by atoms with Crippen LogP contribution in [0.3, 0.4) is 0 Å². The fraction of sp³-hybridized carbons (Fsp3) is 0.667. The molecular weight excluding hydrogens is 178 g/mol. The first-order valence-corrected chi connectivity index (χ1v) is 4.49. The van der Waals surface area contributed by atoms with Gasteiger partial charge in [0, 0.05) is 7.05 Å². The van der Waals surface area contributed by atoms with Crippen molar-refractivity contribution in [2.75, 3.05) is 0 Å². The van der Waals surface area contributed by atoms with E-state index in [1.54, 1.807) is 6.33 Å². The van der Waals surface area contributed by atoms with Gasteiger partial charge >= 0.3 is 0 Å². The molecule has 0 aliphatic rings. The smallest absolute Gasteiger partial charge is 0.149 e. The molecule has 1 heterocycles. The normalized spacial score (nSPS) is 13.6. The van der Waals surface area contributed by atoms with Crippen molar-refractivity contribution in [1.29, 1.82) is 5.26 Å². The molecule has 5 nitrogen and oxygen atoms in total. The number of rotatable bonds is 3. The first-order valence-electron chi connectivity index (χ1n) is 4.49. The van der Waals surface area contributed by atoms with Gasteiger partial charge in [-0.3, -0.25) is 5.32 Å². The molecule has 0 bridgehead atoms. The summed E-state index contributed by atoms with van der Waals surface area (Å²) in [6, 6.07) is 2.20. The molecule has 1 N–H and O–H groups in total. The SMILES string of the molecule is CC(NC(C)(C)C#N)c1nncn1C. The molecule has 14 heavy (non-hydrogen) atoms. The number of nitrogens with zero attached hydrogens (tertiary/aromatic N) is 4. The Morgan fingerprint density at radius 1 is 1.64 bits per heavy atom. The van der Waals surface area contributed by atoms with Gasteiger partial charge in [0.15, 0.2) is 0 Å². The van der Waals surface area contributed by atoms with E-state index in [-0.39, 0.29) is 6.04 Å². The lowest BCUT2D eigenvalue weighted by atomic mass is 10.1. The summed E-state index contributed by atoms with van der Waals surface area (Å²) in [7, 11) is 1.88. The second-order valence-corrected chi connectivity index (χ2v) is 3.90. The van der Waals surface area contributed by atoms with Gasteiger partial charge in [-0.1, -0.05) is 0 Å². The van der Waals surface area contributed by atoms with E-state index in [2.05, 4.69) is 21.6 Å². The van der Waals surface area contributed by atoms with Gasteiger partial charge in [-0.05, 0) is 20.8 Å². The van der Waals surface area contributed by atoms with Gasteiger partial charge in [-0.2, -0.15) is 5.26 Å². The second kappa shape index (κ2) is 3.76. The Kier molecular flexibility index (Phi) is 2.87. The third-order valence-corrected chi connectivity index (χ3v) is 1.99. The molecule has 0 aromatic carbocycles. The van der Waals surface area contributed by atoms with Crippen LogP contribution in [-0.4, -0.2) is 20.3 Å². The first kappa shape index (κ1) is 10.7. The Labute approximate surface area is 83.8 Å². The Hall–Kier alpha value is -1.41. The molecule has 1 rings (SSSR count). The first-order chi connectivity index (χ1) is 6.46. The molecule has 76 valence electrons. The summed E-state index contributed by atoms with van der Waals surface area (Å²) in [6.07, 6.45) is 1.65. The number of hydrogen-bond acceptors (Lipinski definition) is 4. The summed E-state index contributed by atoms with van der Waals surface area (Å²) >= 11 is 0. The van der Waals surface area contributed by atoms with Crippen molar-refractivity contribution < 1.29 is 0 Å². The number of aromatic nitrogens is 3. The lowest BCUT2D eigenvalue weighted by Crippen LogP contribution is -2.40. The van der Waals surface area contributed by atoms with Crippen LogP contribution in [-0.2, 0) is 7.05 Å². The lowest BCUT2D eigenvalue weighted by molar-refractivity contribution is 0.408. The van der Waals surface area contributed by atoms with E-state index < -0.39 is 5.54 Å². The Bertz CT molecular complexity index is 346. The molecule has 0 saturated heterocycles. The molecule has 1 unspecified atom stereocenters. The molecule has 0 aliphatic carbocycles. The molecule has 1 aromatic heterocycles. The van der Waals surface area contributed by atoms with Gasteiger partial charge in [0.2, 0.25) is 0 Å². The van der Waals surface area contributed by atoms with Crippen molar-refractivity contribution in [3.05, 3.63) is 12.2 Å². The molecule has 1 atom stereocenters. The summed E-state index contributed by atoms with van der Waals surface area (Å²) in [5.74, 6) is 0.827. The third kappa shape index (κ3) is 2.30. The number of aryl methyl sites for hydroxylation is 1. The number of hydrogen-bond donors (Lipinski definition) is 1. The average molecular weight is 193 g/mol. The molecular formula is C9H15N5. The highest BCUT2D eigenvalue weighted by Gasteiger charge is 2.21. The fourth-order valence-electron chi connectivity index (χ4n) is 1.32. The van der Waals surface area contributed by atoms with Crippen LogP contribution in [0.5, 0.6) is 0 Å². The molecule has 1 aromatic rings. The summed E-state index contributed by atoms with van der Waals surface area (Å²) in [6.45, 7) is 5.63. The number of nitriles is 1. The van der Waals surface area contributed by atoms with Crippen molar-refractivity contribution >= 4 is 0 Å². The van der Waals surface area contributed by atoms with E-state index in [4.69, 9.17) is 5.26 Å². The van der Waals surface area contributed by atoms with Gasteiger partial charge < -0.3 is 4.57 Å². The zero-order valence-corrected chi connectivity index (χ0v) is 8.94. The predicted octanol–water partition coefficient (Wildman–Crippen LogP) is 0.768. The Morgan fingerprint density at radius 3 is 2.71 bits per heavy atom. The molecule has 0 aliphatic heterocycles. The summed E-state index contributed by atoms with van der Waals surface area (Å²) < 4.78 is 1.84. The summed E-state index contributed by atoms with van der Waals surface area (Å²) in [5, 5.41) is 19.8. The molecule has 0 radical (unpaired) electrons. The number of nitrogens with one attached hydrogen (secondary N) is 1. The zero-order chi connectivity index (χ0) is 10.8. The Morgan fingerprint density at radius 2 is 2.29 bits per heavy atom. The largest absolute Gasteiger partial charge is 0.319 e. The van der Waals surface area contributed by atoms with Gasteiger partial charge in [-0.25, -0.2) is 0 Å². The van der Waals surface area contributed by atoms with Crippen LogP contribution in [0.1, 0.15) is 32.6 Å². The van der Waals surface area contributed by atoms with E-state index in [9.17, 15) is 0 Å². The minimum absolute atomic E-state index is 0.0112. The van der Waals surface area contributed by atoms with Gasteiger partial charge in [-0.15, -0.1) is 10.2 Å². The predicted molar refractivity (Wildman–Crippen MR) is 52.2 cm³/mol. The fourth-order valence-corrected chi connectivity index (χ4v) is 1.32. The van der Waals surface area contributed by atoms with Gasteiger partial charge in [0.05, 0.1) is 12.1 Å². The quantitative estimate of drug-likeness (QED) is 0.770. The van der Waals surface area contributed by atoms with Crippen LogP contribution in [0, 0.1) is 11.3 Å². The molecule has 0 saturated carbocycles. The molecule has 0 amide bonds. The van der Waals surface area contributed by atoms with E-state index in [0.29, 0.717) is 0 Å². The maximum absolute atomic E-state index is 8.85. The highest BCUT2D eigenvalue weighted by molar-refractivity contribution is 5.04. The minimum Gasteiger partial charge on any atom is -0.319 e. The van der Waals surface area contributed by atoms with E-state index in [1.165, 1.54) is 0 Å². The average Bonchev–Trinajstić information content (AvgIpc) is 2.51. The lowest BCUT2D eigenvalue weighted by Gasteiger charge is -2.22. The highest BCUT2D eigenvalue weighted by Crippen LogP contribution is 2.12. The monoisotopic (exact) mass is 193 g/mol. The minimum atomic E-state index is -0.550. The summed E-state index contributed by atoms with van der Waals surface area (Å²) in [5.41, 5.74) is -0.550. The van der Waals surface area contributed by atoms with Gasteiger partial charge in [0.25, 0.3) is 0 Å². The van der Waals surface area contributed by atoms with Crippen LogP contribution < -0.4 is 5.32 Å². The van der Waals surface area contributed by atoms with Crippen LogP contribution >= 0.6 is 0 Å². The maximum Gasteiger partial charge on any atom is 0.149 e. The van der Waals surface area contributed by atoms with Crippen LogP contribution in [0.2, 0.25) is 0 Å². The van der Waals surface area contributed by atoms with Gasteiger partial charge in [0.1, 0.15) is 17.7 Å². The second-order valence-electron chi connectivity index (χ2n) is 3.90. The molecule has 0 spiro atoms. The maximum atomic E-state index is 8.85. The molecule has 0 fully saturated rings. The van der Waals surface area contributed by atoms with E-state index >= 15 is 0 Å². The topological polar surface area (TPSA) is 66.5 Å². The van der Waals surface area contributed by atoms with E-state index in [0.717, 1.165) is 5.82 Å². The standard InChI is InChI=1S/C9H15N5/c1-7(12-9(2,3)5-10)8-13-11-6-14(8)4/h6-7,12H,1-4H3. The van der Waals surface area contributed by atoms with Crippen LogP contribution in [0.4, 0.5) is 0 Å². The van der Waals surface area contributed by atoms with Crippen molar-refractivity contribution in [1.82, 2.24) is 20.1 Å². The highest BCUT2D eigenvalue weighted by atomic mass is 15.3. The summed E-state index contributed by atoms with van der Waals surface area (Å²) in [4.78, 5) is 0.